The molecule has 2 aliphatic rings. The average Bonchev–Trinajstić information content (AvgIpc) is 3.63. The second-order valence-corrected chi connectivity index (χ2v) is 9.73. The molecule has 0 bridgehead atoms. The van der Waals surface area contributed by atoms with E-state index < -0.39 is 22.8 Å². The van der Waals surface area contributed by atoms with Crippen LogP contribution in [0.25, 0.3) is 10.9 Å². The van der Waals surface area contributed by atoms with Crippen molar-refractivity contribution in [3.05, 3.63) is 69.8 Å². The van der Waals surface area contributed by atoms with Crippen molar-refractivity contribution < 1.29 is 14.3 Å². The summed E-state index contributed by atoms with van der Waals surface area (Å²) in [6.07, 6.45) is 6.27. The molecule has 0 amide bonds. The highest BCUT2D eigenvalue weighted by Crippen LogP contribution is 2.41. The largest absolute Gasteiger partial charge is 0.477 e. The number of hydrogen-bond donors (Lipinski definition) is 4. The molecule has 1 aromatic heterocycles. The minimum absolute atomic E-state index is 0.0832. The zero-order chi connectivity index (χ0) is 24.7. The number of halogens is 1. The van der Waals surface area contributed by atoms with E-state index in [2.05, 4.69) is 34.9 Å². The van der Waals surface area contributed by atoms with Crippen LogP contribution in [0, 0.1) is 5.82 Å². The van der Waals surface area contributed by atoms with Crippen LogP contribution < -0.4 is 21.8 Å². The first-order valence-electron chi connectivity index (χ1n) is 12.3. The number of carboxylic acid groups (broad SMARTS) is 1. The van der Waals surface area contributed by atoms with Gasteiger partial charge in [-0.1, -0.05) is 30.3 Å². The van der Waals surface area contributed by atoms with Crippen LogP contribution in [0.2, 0.25) is 0 Å². The number of nitrogen functional groups attached to an aromatic ring is 1. The third-order valence-electron chi connectivity index (χ3n) is 7.47. The highest BCUT2D eigenvalue weighted by molar-refractivity contribution is 5.99. The minimum Gasteiger partial charge on any atom is -0.477 e. The molecule has 2 aromatic carbocycles. The lowest BCUT2D eigenvalue weighted by Crippen LogP contribution is -2.38. The lowest BCUT2D eigenvalue weighted by atomic mass is 9.90. The number of aromatic nitrogens is 1. The Morgan fingerprint density at radius 2 is 1.86 bits per heavy atom. The summed E-state index contributed by atoms with van der Waals surface area (Å²) in [6.45, 7) is 2.25. The van der Waals surface area contributed by atoms with Crippen molar-refractivity contribution in [3.63, 3.8) is 0 Å². The molecule has 0 radical (unpaired) electrons. The number of rotatable bonds is 7. The monoisotopic (exact) mass is 478 g/mol. The van der Waals surface area contributed by atoms with Gasteiger partial charge in [0.1, 0.15) is 5.56 Å². The quantitative estimate of drug-likeness (QED) is 0.377. The Morgan fingerprint density at radius 3 is 2.51 bits per heavy atom. The number of nitrogens with one attached hydrogen (secondary N) is 2. The Morgan fingerprint density at radius 1 is 1.17 bits per heavy atom. The van der Waals surface area contributed by atoms with Crippen LogP contribution in [0.4, 0.5) is 15.8 Å². The van der Waals surface area contributed by atoms with Crippen molar-refractivity contribution in [3.8, 4) is 0 Å². The highest BCUT2D eigenvalue weighted by atomic mass is 19.1. The van der Waals surface area contributed by atoms with Gasteiger partial charge in [-0.3, -0.25) is 4.79 Å². The van der Waals surface area contributed by atoms with E-state index >= 15 is 4.39 Å². The van der Waals surface area contributed by atoms with Gasteiger partial charge in [-0.25, -0.2) is 9.18 Å². The van der Waals surface area contributed by atoms with E-state index in [4.69, 9.17) is 5.73 Å². The number of fused-ring (bicyclic) bond motifs is 1. The molecule has 1 heterocycles. The Bertz CT molecular complexity index is 1320. The Kier molecular flexibility index (Phi) is 6.23. The molecule has 2 fully saturated rings. The normalized spacial score (nSPS) is 23.8. The number of anilines is 2. The number of nitrogens with zero attached hydrogens (tertiary/aromatic N) is 1. The van der Waals surface area contributed by atoms with Crippen LogP contribution in [-0.2, 0) is 6.54 Å². The second-order valence-electron chi connectivity index (χ2n) is 9.73. The molecule has 5 rings (SSSR count). The molecule has 8 heteroatoms. The molecule has 0 aliphatic heterocycles. The Balaban J connectivity index is 1.27. The maximum absolute atomic E-state index is 15.2. The number of aromatic carboxylic acids is 1. The van der Waals surface area contributed by atoms with Crippen LogP contribution >= 0.6 is 0 Å². The zero-order valence-corrected chi connectivity index (χ0v) is 19.8. The van der Waals surface area contributed by atoms with E-state index in [0.717, 1.165) is 25.7 Å². The van der Waals surface area contributed by atoms with E-state index in [1.165, 1.54) is 18.2 Å². The molecule has 2 unspecified atom stereocenters. The van der Waals surface area contributed by atoms with Gasteiger partial charge in [0.05, 0.1) is 22.3 Å². The molecule has 184 valence electrons. The molecule has 7 nitrogen and oxygen atoms in total. The summed E-state index contributed by atoms with van der Waals surface area (Å²) in [4.78, 5) is 24.2. The van der Waals surface area contributed by atoms with E-state index in [1.54, 1.807) is 10.6 Å². The molecule has 0 spiro atoms. The van der Waals surface area contributed by atoms with E-state index in [0.29, 0.717) is 30.1 Å². The fourth-order valence-electron chi connectivity index (χ4n) is 5.44. The minimum atomic E-state index is -1.35. The van der Waals surface area contributed by atoms with Crippen molar-refractivity contribution in [1.82, 2.24) is 9.88 Å². The summed E-state index contributed by atoms with van der Waals surface area (Å²) in [7, 11) is 0. The lowest BCUT2D eigenvalue weighted by molar-refractivity contribution is 0.0695. The second kappa shape index (κ2) is 9.34. The van der Waals surface area contributed by atoms with Gasteiger partial charge in [0, 0.05) is 36.8 Å². The summed E-state index contributed by atoms with van der Waals surface area (Å²) in [5.41, 5.74) is 6.62. The summed E-state index contributed by atoms with van der Waals surface area (Å²) in [5, 5.41) is 16.4. The van der Waals surface area contributed by atoms with Gasteiger partial charge in [-0.15, -0.1) is 0 Å². The predicted molar refractivity (Wildman–Crippen MR) is 136 cm³/mol. The Hall–Kier alpha value is -3.39. The third-order valence-corrected chi connectivity index (χ3v) is 7.47. The zero-order valence-electron chi connectivity index (χ0n) is 19.8. The van der Waals surface area contributed by atoms with E-state index in [9.17, 15) is 14.7 Å². The molecular weight excluding hydrogens is 447 g/mol. The predicted octanol–water partition coefficient (Wildman–Crippen LogP) is 4.31. The molecule has 2 saturated carbocycles. The first kappa shape index (κ1) is 23.4. The SMILES string of the molecule is CCn1cc(C(=O)O)c(=O)c2c(N)c(F)c(NC3CCC(NC4CC4c4ccccc4)CC3)cc21. The number of carbonyl (C=O) groups is 1. The van der Waals surface area contributed by atoms with Crippen molar-refractivity contribution >= 4 is 28.2 Å². The average molecular weight is 479 g/mol. The number of carboxylic acids is 1. The van der Waals surface area contributed by atoms with Gasteiger partial charge in [0.15, 0.2) is 5.82 Å². The maximum Gasteiger partial charge on any atom is 0.341 e. The summed E-state index contributed by atoms with van der Waals surface area (Å²) in [6, 6.07) is 13.3. The molecule has 3 aromatic rings. The van der Waals surface area contributed by atoms with Gasteiger partial charge in [-0.05, 0) is 50.7 Å². The first-order valence-corrected chi connectivity index (χ1v) is 12.3. The van der Waals surface area contributed by atoms with Gasteiger partial charge in [0.25, 0.3) is 0 Å². The fraction of sp³-hybridized carbons (Fsp3) is 0.407. The van der Waals surface area contributed by atoms with Crippen molar-refractivity contribution in [2.45, 2.75) is 69.6 Å². The number of benzene rings is 2. The molecule has 2 aliphatic carbocycles. The van der Waals surface area contributed by atoms with Crippen molar-refractivity contribution in [2.24, 2.45) is 0 Å². The first-order chi connectivity index (χ1) is 16.9. The van der Waals surface area contributed by atoms with Gasteiger partial charge < -0.3 is 26.0 Å². The summed E-state index contributed by atoms with van der Waals surface area (Å²) < 4.78 is 16.8. The number of nitrogens with two attached hydrogens (primary N) is 1. The summed E-state index contributed by atoms with van der Waals surface area (Å²) in [5.74, 6) is -1.46. The fourth-order valence-corrected chi connectivity index (χ4v) is 5.44. The number of hydrogen-bond acceptors (Lipinski definition) is 5. The Labute approximate surface area is 203 Å². The molecular formula is C27H31FN4O3. The molecule has 0 saturated heterocycles. The highest BCUT2D eigenvalue weighted by Gasteiger charge is 2.39. The van der Waals surface area contributed by atoms with E-state index in [-0.39, 0.29) is 22.8 Å². The van der Waals surface area contributed by atoms with Crippen LogP contribution in [0.3, 0.4) is 0 Å². The summed E-state index contributed by atoms with van der Waals surface area (Å²) >= 11 is 0. The van der Waals surface area contributed by atoms with Gasteiger partial charge >= 0.3 is 5.97 Å². The third kappa shape index (κ3) is 4.50. The van der Waals surface area contributed by atoms with Crippen LogP contribution in [0.1, 0.15) is 60.9 Å². The van der Waals surface area contributed by atoms with Crippen molar-refractivity contribution in [1.29, 1.82) is 0 Å². The molecule has 2 atom stereocenters. The van der Waals surface area contributed by atoms with E-state index in [1.807, 2.05) is 13.0 Å². The number of aryl methyl sites for hydroxylation is 1. The van der Waals surface area contributed by atoms with Crippen LogP contribution in [0.15, 0.2) is 47.4 Å². The van der Waals surface area contributed by atoms with Crippen LogP contribution in [0.5, 0.6) is 0 Å². The molecule has 5 N–H and O–H groups in total. The lowest BCUT2D eigenvalue weighted by Gasteiger charge is -2.31. The standard InChI is InChI=1S/C27H31FN4O3/c1-2-32-14-19(27(34)35)26(33)23-22(32)13-21(24(28)25(23)29)31-17-10-8-16(9-11-17)30-20-12-18(20)15-6-4-3-5-7-15/h3-7,13-14,16-18,20,30-31H,2,8-12,29H2,1H3,(H,34,35). The number of pyridine rings is 1. The van der Waals surface area contributed by atoms with Crippen molar-refractivity contribution in [2.75, 3.05) is 11.1 Å². The van der Waals surface area contributed by atoms with Gasteiger partial charge in [0.2, 0.25) is 5.43 Å². The topological polar surface area (TPSA) is 109 Å². The van der Waals surface area contributed by atoms with Gasteiger partial charge in [-0.2, -0.15) is 0 Å². The molecule has 35 heavy (non-hydrogen) atoms. The maximum atomic E-state index is 15.2. The van der Waals surface area contributed by atoms with Crippen LogP contribution in [-0.4, -0.2) is 33.8 Å². The smallest absolute Gasteiger partial charge is 0.341 e.